The molecule has 4 nitrogen and oxygen atoms in total. The van der Waals surface area contributed by atoms with Crippen molar-refractivity contribution in [3.05, 3.63) is 108 Å². The molecule has 0 saturated carbocycles. The van der Waals surface area contributed by atoms with Crippen LogP contribution in [0.15, 0.2) is 91.0 Å². The Morgan fingerprint density at radius 2 is 1.61 bits per heavy atom. The summed E-state index contributed by atoms with van der Waals surface area (Å²) in [6, 6.07) is 32.8. The van der Waals surface area contributed by atoms with Gasteiger partial charge in [-0.2, -0.15) is 5.26 Å². The van der Waals surface area contributed by atoms with Gasteiger partial charge < -0.3 is 9.55 Å². The number of aromatic nitrogens is 3. The van der Waals surface area contributed by atoms with Gasteiger partial charge in [0.2, 0.25) is 0 Å². The molecular weight excluding hydrogens is 380 g/mol. The largest absolute Gasteiger partial charge is 0.337 e. The van der Waals surface area contributed by atoms with Gasteiger partial charge in [0.1, 0.15) is 11.9 Å². The normalized spacial score (nSPS) is 11.5. The van der Waals surface area contributed by atoms with E-state index < -0.39 is 0 Å². The minimum Gasteiger partial charge on any atom is -0.337 e. The van der Waals surface area contributed by atoms with Crippen LogP contribution in [0, 0.1) is 18.3 Å². The number of nitrogens with zero attached hydrogens (tertiary/aromatic N) is 3. The molecule has 31 heavy (non-hydrogen) atoms. The molecule has 0 saturated heterocycles. The van der Waals surface area contributed by atoms with Gasteiger partial charge in [-0.25, -0.2) is 4.98 Å². The zero-order valence-electron chi connectivity index (χ0n) is 17.1. The highest BCUT2D eigenvalue weighted by Gasteiger charge is 2.17. The average Bonchev–Trinajstić information content (AvgIpc) is 3.39. The van der Waals surface area contributed by atoms with Crippen LogP contribution < -0.4 is 0 Å². The number of allylic oxidation sites excluding steroid dienone is 1. The Labute approximate surface area is 180 Å². The average molecular weight is 400 g/mol. The topological polar surface area (TPSA) is 57.4 Å². The molecule has 0 unspecified atom stereocenters. The second-order valence-electron chi connectivity index (χ2n) is 7.40. The molecule has 0 amide bonds. The van der Waals surface area contributed by atoms with E-state index in [0.717, 1.165) is 39.2 Å². The lowest BCUT2D eigenvalue weighted by atomic mass is 10.1. The van der Waals surface area contributed by atoms with E-state index in [9.17, 15) is 5.26 Å². The number of rotatable bonds is 4. The molecule has 2 heterocycles. The first-order valence-electron chi connectivity index (χ1n) is 10.1. The van der Waals surface area contributed by atoms with Crippen LogP contribution in [-0.4, -0.2) is 14.5 Å². The molecule has 0 atom stereocenters. The number of H-pyrrole nitrogens is 1. The first-order valence-corrected chi connectivity index (χ1v) is 10.1. The second-order valence-corrected chi connectivity index (χ2v) is 7.40. The zero-order valence-corrected chi connectivity index (χ0v) is 17.1. The number of aromatic amines is 1. The van der Waals surface area contributed by atoms with Crippen LogP contribution in [0.4, 0.5) is 0 Å². The number of benzene rings is 3. The predicted molar refractivity (Wildman–Crippen MR) is 126 cm³/mol. The maximum absolute atomic E-state index is 9.94. The van der Waals surface area contributed by atoms with Crippen molar-refractivity contribution in [1.82, 2.24) is 14.5 Å². The Bertz CT molecular complexity index is 1400. The molecule has 5 aromatic rings. The van der Waals surface area contributed by atoms with E-state index in [4.69, 9.17) is 0 Å². The smallest absolute Gasteiger partial charge is 0.149 e. The SMILES string of the molecule is Cc1cc(/C=C(/C#N)c2nc3ccccc3[nH]2)c(-c2ccccc2)n1-c1ccccc1. The van der Waals surface area contributed by atoms with Gasteiger partial charge in [-0.05, 0) is 48.9 Å². The summed E-state index contributed by atoms with van der Waals surface area (Å²) in [4.78, 5) is 7.89. The summed E-state index contributed by atoms with van der Waals surface area (Å²) in [6.07, 6.45) is 1.92. The van der Waals surface area contributed by atoms with Gasteiger partial charge in [-0.3, -0.25) is 0 Å². The standard InChI is InChI=1S/C27H20N4/c1-19-16-21(17-22(18-28)27-29-24-14-8-9-15-25(24)30-27)26(20-10-4-2-5-11-20)31(19)23-12-6-3-7-13-23/h2-17H,1H3,(H,29,30)/b22-17-. The van der Waals surface area contributed by atoms with Crippen LogP contribution in [0.3, 0.4) is 0 Å². The summed E-state index contributed by atoms with van der Waals surface area (Å²) >= 11 is 0. The minimum absolute atomic E-state index is 0.499. The first kappa shape index (κ1) is 18.7. The van der Waals surface area contributed by atoms with Crippen molar-refractivity contribution in [3.63, 3.8) is 0 Å². The lowest BCUT2D eigenvalue weighted by Crippen LogP contribution is -1.99. The third-order valence-electron chi connectivity index (χ3n) is 5.34. The number of fused-ring (bicyclic) bond motifs is 1. The highest BCUT2D eigenvalue weighted by atomic mass is 15.0. The third kappa shape index (κ3) is 3.43. The Kier molecular flexibility index (Phi) is 4.70. The second kappa shape index (κ2) is 7.81. The van der Waals surface area contributed by atoms with E-state index in [0.29, 0.717) is 11.4 Å². The zero-order chi connectivity index (χ0) is 21.2. The number of nitriles is 1. The molecule has 0 aliphatic carbocycles. The van der Waals surface area contributed by atoms with Crippen molar-refractivity contribution in [2.75, 3.05) is 0 Å². The number of nitrogens with one attached hydrogen (secondary N) is 1. The van der Waals surface area contributed by atoms with Gasteiger partial charge in [0.15, 0.2) is 0 Å². The van der Waals surface area contributed by atoms with Gasteiger partial charge in [-0.15, -0.1) is 0 Å². The molecule has 0 aliphatic heterocycles. The van der Waals surface area contributed by atoms with E-state index in [1.807, 2.05) is 66.7 Å². The monoisotopic (exact) mass is 400 g/mol. The Balaban J connectivity index is 1.73. The Morgan fingerprint density at radius 3 is 2.32 bits per heavy atom. The van der Waals surface area contributed by atoms with Crippen LogP contribution in [0.25, 0.3) is 39.6 Å². The lowest BCUT2D eigenvalue weighted by Gasteiger charge is -2.13. The van der Waals surface area contributed by atoms with Crippen molar-refractivity contribution < 1.29 is 0 Å². The Hall–Kier alpha value is -4.36. The molecule has 0 spiro atoms. The van der Waals surface area contributed by atoms with E-state index in [1.54, 1.807) is 0 Å². The molecule has 0 radical (unpaired) electrons. The number of hydrogen-bond acceptors (Lipinski definition) is 2. The number of hydrogen-bond donors (Lipinski definition) is 1. The summed E-state index contributed by atoms with van der Waals surface area (Å²) < 4.78 is 2.23. The number of para-hydroxylation sites is 3. The van der Waals surface area contributed by atoms with Gasteiger partial charge in [0.25, 0.3) is 0 Å². The lowest BCUT2D eigenvalue weighted by molar-refractivity contribution is 1.02. The van der Waals surface area contributed by atoms with E-state index in [2.05, 4.69) is 57.9 Å². The highest BCUT2D eigenvalue weighted by Crippen LogP contribution is 2.33. The first-order chi connectivity index (χ1) is 15.2. The molecule has 3 aromatic carbocycles. The highest BCUT2D eigenvalue weighted by molar-refractivity contribution is 5.93. The van der Waals surface area contributed by atoms with Gasteiger partial charge in [0.05, 0.1) is 22.3 Å². The predicted octanol–water partition coefficient (Wildman–Crippen LogP) is 6.39. The maximum atomic E-state index is 9.94. The van der Waals surface area contributed by atoms with Crippen LogP contribution in [0.2, 0.25) is 0 Å². The van der Waals surface area contributed by atoms with Gasteiger partial charge >= 0.3 is 0 Å². The fourth-order valence-corrected chi connectivity index (χ4v) is 3.96. The van der Waals surface area contributed by atoms with Crippen LogP contribution >= 0.6 is 0 Å². The summed E-state index contributed by atoms with van der Waals surface area (Å²) in [5, 5.41) is 9.94. The van der Waals surface area contributed by atoms with Crippen molar-refractivity contribution in [1.29, 1.82) is 5.26 Å². The molecule has 0 aliphatic rings. The van der Waals surface area contributed by atoms with E-state index in [1.165, 1.54) is 0 Å². The van der Waals surface area contributed by atoms with Gasteiger partial charge in [0, 0.05) is 16.9 Å². The maximum Gasteiger partial charge on any atom is 0.149 e. The number of imidazole rings is 1. The van der Waals surface area contributed by atoms with Crippen molar-refractivity contribution in [2.45, 2.75) is 6.92 Å². The molecule has 0 fully saturated rings. The summed E-state index contributed by atoms with van der Waals surface area (Å²) in [5.74, 6) is 0.577. The summed E-state index contributed by atoms with van der Waals surface area (Å²) in [6.45, 7) is 2.09. The summed E-state index contributed by atoms with van der Waals surface area (Å²) in [7, 11) is 0. The molecule has 5 rings (SSSR count). The third-order valence-corrected chi connectivity index (χ3v) is 5.34. The van der Waals surface area contributed by atoms with E-state index >= 15 is 0 Å². The molecular formula is C27H20N4. The molecule has 148 valence electrons. The quantitative estimate of drug-likeness (QED) is 0.355. The minimum atomic E-state index is 0.499. The summed E-state index contributed by atoms with van der Waals surface area (Å²) in [5.41, 5.74) is 7.56. The van der Waals surface area contributed by atoms with Gasteiger partial charge in [-0.1, -0.05) is 60.7 Å². The Morgan fingerprint density at radius 1 is 0.935 bits per heavy atom. The van der Waals surface area contributed by atoms with Crippen LogP contribution in [-0.2, 0) is 0 Å². The number of aryl methyl sites for hydroxylation is 1. The van der Waals surface area contributed by atoms with Crippen LogP contribution in [0.1, 0.15) is 17.1 Å². The molecule has 0 bridgehead atoms. The molecule has 1 N–H and O–H groups in total. The fraction of sp³-hybridized carbons (Fsp3) is 0.0370. The van der Waals surface area contributed by atoms with Crippen LogP contribution in [0.5, 0.6) is 0 Å². The van der Waals surface area contributed by atoms with Crippen molar-refractivity contribution >= 4 is 22.7 Å². The molecule has 2 aromatic heterocycles. The van der Waals surface area contributed by atoms with Crippen molar-refractivity contribution in [3.8, 4) is 23.0 Å². The fourth-order valence-electron chi connectivity index (χ4n) is 3.96. The van der Waals surface area contributed by atoms with Crippen molar-refractivity contribution in [2.24, 2.45) is 0 Å². The molecule has 4 heteroatoms. The van der Waals surface area contributed by atoms with E-state index in [-0.39, 0.29) is 0 Å².